The molecule has 0 saturated heterocycles. The molecular weight excluding hydrogens is 430 g/mol. The number of amides is 2. The molecule has 0 unspecified atom stereocenters. The summed E-state index contributed by atoms with van der Waals surface area (Å²) in [5.41, 5.74) is 2.30. The first-order valence-electron chi connectivity index (χ1n) is 11.9. The van der Waals surface area contributed by atoms with Gasteiger partial charge < -0.3 is 19.7 Å². The van der Waals surface area contributed by atoms with Crippen molar-refractivity contribution in [1.29, 1.82) is 0 Å². The predicted octanol–water partition coefficient (Wildman–Crippen LogP) is 3.69. The van der Waals surface area contributed by atoms with Crippen LogP contribution in [0.3, 0.4) is 0 Å². The molecule has 0 radical (unpaired) electrons. The van der Waals surface area contributed by atoms with Crippen LogP contribution in [-0.4, -0.2) is 74.2 Å². The van der Waals surface area contributed by atoms with Crippen LogP contribution in [0.25, 0.3) is 0 Å². The quantitative estimate of drug-likeness (QED) is 0.726. The highest BCUT2D eigenvalue weighted by Gasteiger charge is 2.28. The molecule has 1 heterocycles. The second-order valence-corrected chi connectivity index (χ2v) is 9.22. The third kappa shape index (κ3) is 6.81. The fraction of sp³-hybridized carbons (Fsp3) is 0.481. The number of anilines is 1. The van der Waals surface area contributed by atoms with Gasteiger partial charge in [-0.2, -0.15) is 0 Å². The van der Waals surface area contributed by atoms with Crippen molar-refractivity contribution in [1.82, 2.24) is 9.80 Å². The first kappa shape index (κ1) is 25.7. The molecule has 3 atom stereocenters. The third-order valence-corrected chi connectivity index (χ3v) is 6.42. The zero-order valence-corrected chi connectivity index (χ0v) is 20.9. The molecule has 2 amide bonds. The van der Waals surface area contributed by atoms with E-state index >= 15 is 0 Å². The molecule has 0 fully saturated rings. The normalized spacial score (nSPS) is 22.2. The minimum absolute atomic E-state index is 0.109. The number of hydrogen-bond donors (Lipinski definition) is 1. The smallest absolute Gasteiger partial charge is 0.257 e. The van der Waals surface area contributed by atoms with Gasteiger partial charge in [-0.25, -0.2) is 0 Å². The second kappa shape index (κ2) is 12.0. The average molecular weight is 468 g/mol. The molecule has 1 aliphatic rings. The monoisotopic (exact) mass is 467 g/mol. The van der Waals surface area contributed by atoms with E-state index in [0.717, 1.165) is 19.5 Å². The number of rotatable bonds is 5. The van der Waals surface area contributed by atoms with E-state index < -0.39 is 0 Å². The van der Waals surface area contributed by atoms with Gasteiger partial charge in [0.15, 0.2) is 0 Å². The minimum Gasteiger partial charge on any atom is -0.491 e. The first-order valence-corrected chi connectivity index (χ1v) is 11.9. The van der Waals surface area contributed by atoms with Crippen molar-refractivity contribution in [2.24, 2.45) is 5.92 Å². The summed E-state index contributed by atoms with van der Waals surface area (Å²) in [5, 5.41) is 2.75. The van der Waals surface area contributed by atoms with Crippen molar-refractivity contribution in [3.8, 4) is 5.75 Å². The van der Waals surface area contributed by atoms with Gasteiger partial charge >= 0.3 is 0 Å². The van der Waals surface area contributed by atoms with E-state index in [9.17, 15) is 9.59 Å². The van der Waals surface area contributed by atoms with Crippen LogP contribution in [0.1, 0.15) is 36.7 Å². The molecule has 0 bridgehead atoms. The van der Waals surface area contributed by atoms with Gasteiger partial charge in [0.2, 0.25) is 5.91 Å². The number of hydrogen-bond acceptors (Lipinski definition) is 5. The van der Waals surface area contributed by atoms with Crippen LogP contribution in [-0.2, 0) is 16.0 Å². The number of carbonyl (C=O) groups is 2. The fourth-order valence-corrected chi connectivity index (χ4v) is 4.36. The minimum atomic E-state index is -0.189. The van der Waals surface area contributed by atoms with Crippen molar-refractivity contribution in [3.63, 3.8) is 0 Å². The number of nitrogens with zero attached hydrogens (tertiary/aromatic N) is 2. The van der Waals surface area contributed by atoms with Crippen LogP contribution >= 0.6 is 0 Å². The first-order chi connectivity index (χ1) is 16.3. The van der Waals surface area contributed by atoms with Crippen LogP contribution in [0.2, 0.25) is 0 Å². The molecule has 0 spiro atoms. The van der Waals surface area contributed by atoms with Crippen LogP contribution < -0.4 is 10.1 Å². The van der Waals surface area contributed by atoms with E-state index in [1.807, 2.05) is 6.07 Å². The maximum Gasteiger partial charge on any atom is 0.257 e. The zero-order chi connectivity index (χ0) is 24.7. The molecule has 2 aromatic rings. The van der Waals surface area contributed by atoms with Gasteiger partial charge in [-0.3, -0.25) is 14.5 Å². The van der Waals surface area contributed by atoms with Gasteiger partial charge in [0.05, 0.1) is 11.7 Å². The Hall–Kier alpha value is -2.90. The van der Waals surface area contributed by atoms with Crippen molar-refractivity contribution in [2.45, 2.75) is 39.3 Å². The van der Waals surface area contributed by atoms with Crippen LogP contribution in [0.15, 0.2) is 48.5 Å². The zero-order valence-electron chi connectivity index (χ0n) is 20.9. The standard InChI is InChI=1S/C27H37N3O4/c1-19-16-30(14-13-22-9-7-6-8-10-22)20(2)18-34-25-12-11-23(28-21(3)31)15-24(25)27(32)29(4)17-26(19)33-5/h6-12,15,19-20,26H,13-14,16-18H2,1-5H3,(H,28,31)/t19-,20+,26+/m1/s1. The summed E-state index contributed by atoms with van der Waals surface area (Å²) in [4.78, 5) is 29.0. The van der Waals surface area contributed by atoms with Gasteiger partial charge in [0, 0.05) is 52.4 Å². The lowest BCUT2D eigenvalue weighted by Gasteiger charge is -2.36. The lowest BCUT2D eigenvalue weighted by molar-refractivity contribution is -0.114. The Labute approximate surface area is 203 Å². The Morgan fingerprint density at radius 3 is 2.56 bits per heavy atom. The van der Waals surface area contributed by atoms with Gasteiger partial charge in [0.1, 0.15) is 12.4 Å². The number of likely N-dealkylation sites (N-methyl/N-ethyl adjacent to an activating group) is 1. The molecule has 184 valence electrons. The molecule has 2 aromatic carbocycles. The topological polar surface area (TPSA) is 71.1 Å². The highest BCUT2D eigenvalue weighted by molar-refractivity contribution is 5.99. The van der Waals surface area contributed by atoms with Gasteiger partial charge in [0.25, 0.3) is 5.91 Å². The summed E-state index contributed by atoms with van der Waals surface area (Å²) < 4.78 is 12.0. The number of ether oxygens (including phenoxy) is 2. The molecule has 0 aromatic heterocycles. The molecule has 7 heteroatoms. The van der Waals surface area contributed by atoms with Gasteiger partial charge in [-0.1, -0.05) is 37.3 Å². The van der Waals surface area contributed by atoms with E-state index in [4.69, 9.17) is 9.47 Å². The Bertz CT molecular complexity index is 966. The average Bonchev–Trinajstić information content (AvgIpc) is 2.82. The molecule has 7 nitrogen and oxygen atoms in total. The maximum atomic E-state index is 13.3. The number of benzene rings is 2. The number of nitrogens with one attached hydrogen (secondary N) is 1. The fourth-order valence-electron chi connectivity index (χ4n) is 4.36. The largest absolute Gasteiger partial charge is 0.491 e. The molecule has 34 heavy (non-hydrogen) atoms. The Morgan fingerprint density at radius 2 is 1.88 bits per heavy atom. The van der Waals surface area contributed by atoms with Crippen molar-refractivity contribution < 1.29 is 19.1 Å². The molecule has 0 saturated carbocycles. The molecule has 1 N–H and O–H groups in total. The highest BCUT2D eigenvalue weighted by atomic mass is 16.5. The SMILES string of the molecule is CO[C@H]1CN(C)C(=O)c2cc(NC(C)=O)ccc2OC[C@H](C)N(CCc2ccccc2)C[C@H]1C. The Kier molecular flexibility index (Phi) is 9.07. The second-order valence-electron chi connectivity index (χ2n) is 9.22. The summed E-state index contributed by atoms with van der Waals surface area (Å²) in [5.74, 6) is 0.378. The summed E-state index contributed by atoms with van der Waals surface area (Å²) in [7, 11) is 3.48. The number of fused-ring (bicyclic) bond motifs is 1. The van der Waals surface area contributed by atoms with Gasteiger partial charge in [-0.05, 0) is 43.0 Å². The van der Waals surface area contributed by atoms with E-state index in [1.54, 1.807) is 37.3 Å². The lowest BCUT2D eigenvalue weighted by Crippen LogP contribution is -2.47. The summed E-state index contributed by atoms with van der Waals surface area (Å²) >= 11 is 0. The van der Waals surface area contributed by atoms with Crippen molar-refractivity contribution >= 4 is 17.5 Å². The lowest BCUT2D eigenvalue weighted by atomic mass is 10.0. The van der Waals surface area contributed by atoms with Crippen molar-refractivity contribution in [2.75, 3.05) is 45.7 Å². The highest BCUT2D eigenvalue weighted by Crippen LogP contribution is 2.26. The molecular formula is C27H37N3O4. The number of methoxy groups -OCH3 is 1. The third-order valence-electron chi connectivity index (χ3n) is 6.42. The number of carbonyl (C=O) groups excluding carboxylic acids is 2. The van der Waals surface area contributed by atoms with Crippen molar-refractivity contribution in [3.05, 3.63) is 59.7 Å². The Balaban J connectivity index is 1.88. The van der Waals surface area contributed by atoms with Crippen LogP contribution in [0.4, 0.5) is 5.69 Å². The molecule has 0 aliphatic carbocycles. The van der Waals surface area contributed by atoms with E-state index in [2.05, 4.69) is 48.3 Å². The Morgan fingerprint density at radius 1 is 1.15 bits per heavy atom. The summed E-state index contributed by atoms with van der Waals surface area (Å²) in [6.45, 7) is 8.42. The van der Waals surface area contributed by atoms with E-state index in [0.29, 0.717) is 30.2 Å². The predicted molar refractivity (Wildman–Crippen MR) is 134 cm³/mol. The molecule has 1 aliphatic heterocycles. The maximum absolute atomic E-state index is 13.3. The summed E-state index contributed by atoms with van der Waals surface area (Å²) in [6, 6.07) is 15.8. The van der Waals surface area contributed by atoms with E-state index in [-0.39, 0.29) is 29.9 Å². The summed E-state index contributed by atoms with van der Waals surface area (Å²) in [6.07, 6.45) is 0.840. The van der Waals surface area contributed by atoms with Gasteiger partial charge in [-0.15, -0.1) is 0 Å². The van der Waals surface area contributed by atoms with Crippen LogP contribution in [0.5, 0.6) is 5.75 Å². The van der Waals surface area contributed by atoms with E-state index in [1.165, 1.54) is 12.5 Å². The van der Waals surface area contributed by atoms with Crippen LogP contribution in [0, 0.1) is 5.92 Å². The molecule has 3 rings (SSSR count).